The van der Waals surface area contributed by atoms with Crippen LogP contribution in [0.15, 0.2) is 48.5 Å². The number of rotatable bonds is 7. The first kappa shape index (κ1) is 22.4. The van der Waals surface area contributed by atoms with Gasteiger partial charge in [0, 0.05) is 26.0 Å². The van der Waals surface area contributed by atoms with Gasteiger partial charge in [-0.3, -0.25) is 4.79 Å². The fourth-order valence-electron chi connectivity index (χ4n) is 5.13. The van der Waals surface area contributed by atoms with E-state index in [0.717, 1.165) is 35.1 Å². The third kappa shape index (κ3) is 3.81. The summed E-state index contributed by atoms with van der Waals surface area (Å²) in [5.74, 6) is -1.63. The zero-order valence-electron chi connectivity index (χ0n) is 19.0. The van der Waals surface area contributed by atoms with E-state index in [9.17, 15) is 19.5 Å². The molecule has 178 valence electrons. The standard InChI is InChI=1S/C26H28N2O6/c1-28(26(24(30)31)12-13-33-15-26)23(29)22(16-10-11-16)27-25(32)34-14-21-19-8-4-2-6-17(19)18-7-3-5-9-20(18)21/h2-9,16,21-22H,10-15H2,1H3,(H,27,32)(H,30,31). The second-order valence-corrected chi connectivity index (χ2v) is 9.32. The smallest absolute Gasteiger partial charge is 0.407 e. The zero-order chi connectivity index (χ0) is 23.9. The molecule has 2 amide bonds. The Morgan fingerprint density at radius 1 is 1.12 bits per heavy atom. The van der Waals surface area contributed by atoms with E-state index in [1.807, 2.05) is 36.4 Å². The molecule has 8 heteroatoms. The Labute approximate surface area is 197 Å². The third-order valence-corrected chi connectivity index (χ3v) is 7.35. The van der Waals surface area contributed by atoms with Crippen LogP contribution in [-0.4, -0.2) is 66.4 Å². The molecule has 2 aromatic carbocycles. The third-order valence-electron chi connectivity index (χ3n) is 7.35. The number of hydrogen-bond donors (Lipinski definition) is 2. The van der Waals surface area contributed by atoms with Crippen molar-refractivity contribution in [3.05, 3.63) is 59.7 Å². The van der Waals surface area contributed by atoms with Crippen LogP contribution in [0.1, 0.15) is 36.3 Å². The first-order valence-corrected chi connectivity index (χ1v) is 11.6. The number of ether oxygens (including phenoxy) is 2. The van der Waals surface area contributed by atoms with Gasteiger partial charge in [-0.1, -0.05) is 48.5 Å². The Kier molecular flexibility index (Phi) is 5.77. The molecule has 0 bridgehead atoms. The van der Waals surface area contributed by atoms with Crippen LogP contribution in [0.3, 0.4) is 0 Å². The lowest BCUT2D eigenvalue weighted by Crippen LogP contribution is -2.61. The largest absolute Gasteiger partial charge is 0.479 e. The Morgan fingerprint density at radius 2 is 1.74 bits per heavy atom. The topological polar surface area (TPSA) is 105 Å². The number of likely N-dealkylation sites (N-methyl/N-ethyl adjacent to an activating group) is 1. The number of alkyl carbamates (subject to hydrolysis) is 1. The van der Waals surface area contributed by atoms with E-state index >= 15 is 0 Å². The van der Waals surface area contributed by atoms with Gasteiger partial charge in [-0.15, -0.1) is 0 Å². The average Bonchev–Trinajstić information content (AvgIpc) is 3.46. The quantitative estimate of drug-likeness (QED) is 0.653. The number of benzene rings is 2. The molecule has 1 aliphatic heterocycles. The molecule has 8 nitrogen and oxygen atoms in total. The van der Waals surface area contributed by atoms with Crippen molar-refractivity contribution in [3.8, 4) is 11.1 Å². The van der Waals surface area contributed by atoms with E-state index in [4.69, 9.17) is 9.47 Å². The maximum atomic E-state index is 13.3. The molecule has 3 aliphatic rings. The summed E-state index contributed by atoms with van der Waals surface area (Å²) in [7, 11) is 1.47. The van der Waals surface area contributed by atoms with E-state index in [1.54, 1.807) is 0 Å². The van der Waals surface area contributed by atoms with Gasteiger partial charge < -0.3 is 24.8 Å². The van der Waals surface area contributed by atoms with Crippen molar-refractivity contribution in [1.82, 2.24) is 10.2 Å². The van der Waals surface area contributed by atoms with Gasteiger partial charge in [0.2, 0.25) is 5.91 Å². The van der Waals surface area contributed by atoms with E-state index in [2.05, 4.69) is 17.4 Å². The highest BCUT2D eigenvalue weighted by Crippen LogP contribution is 2.44. The second kappa shape index (κ2) is 8.76. The summed E-state index contributed by atoms with van der Waals surface area (Å²) in [6, 6.07) is 15.3. The average molecular weight is 465 g/mol. The molecule has 2 aromatic rings. The number of fused-ring (bicyclic) bond motifs is 3. The van der Waals surface area contributed by atoms with Crippen molar-refractivity contribution in [2.45, 2.75) is 36.8 Å². The van der Waals surface area contributed by atoms with Crippen LogP contribution in [0.25, 0.3) is 11.1 Å². The highest BCUT2D eigenvalue weighted by Gasteiger charge is 2.51. The number of carbonyl (C=O) groups is 3. The lowest BCUT2D eigenvalue weighted by Gasteiger charge is -2.36. The number of carbonyl (C=O) groups excluding carboxylic acids is 2. The number of amides is 2. The summed E-state index contributed by atoms with van der Waals surface area (Å²) in [5.41, 5.74) is 3.08. The first-order chi connectivity index (χ1) is 16.4. The van der Waals surface area contributed by atoms with Crippen LogP contribution < -0.4 is 5.32 Å². The first-order valence-electron chi connectivity index (χ1n) is 11.6. The Balaban J connectivity index is 1.27. The van der Waals surface area contributed by atoms with Crippen molar-refractivity contribution in [2.24, 2.45) is 5.92 Å². The fraction of sp³-hybridized carbons (Fsp3) is 0.423. The summed E-state index contributed by atoms with van der Waals surface area (Å²) >= 11 is 0. The van der Waals surface area contributed by atoms with Gasteiger partial charge in [0.25, 0.3) is 0 Å². The molecule has 34 heavy (non-hydrogen) atoms. The predicted molar refractivity (Wildman–Crippen MR) is 123 cm³/mol. The van der Waals surface area contributed by atoms with Crippen molar-refractivity contribution in [1.29, 1.82) is 0 Å². The number of nitrogens with one attached hydrogen (secondary N) is 1. The SMILES string of the molecule is CN(C(=O)C(NC(=O)OCC1c2ccccc2-c2ccccc21)C1CC1)C1(C(=O)O)CCOC1. The number of nitrogens with zero attached hydrogens (tertiary/aromatic N) is 1. The van der Waals surface area contributed by atoms with Gasteiger partial charge in [0.1, 0.15) is 12.6 Å². The van der Waals surface area contributed by atoms with Crippen LogP contribution in [0.4, 0.5) is 4.79 Å². The molecule has 1 heterocycles. The summed E-state index contributed by atoms with van der Waals surface area (Å²) in [6.45, 7) is 0.360. The van der Waals surface area contributed by atoms with Crippen molar-refractivity contribution in [3.63, 3.8) is 0 Å². The molecule has 0 radical (unpaired) electrons. The predicted octanol–water partition coefficient (Wildman–Crippen LogP) is 3.01. The molecule has 1 saturated carbocycles. The fourth-order valence-corrected chi connectivity index (χ4v) is 5.13. The van der Waals surface area contributed by atoms with Gasteiger partial charge in [-0.2, -0.15) is 0 Å². The maximum absolute atomic E-state index is 13.3. The van der Waals surface area contributed by atoms with Crippen LogP contribution >= 0.6 is 0 Å². The van der Waals surface area contributed by atoms with Gasteiger partial charge in [-0.25, -0.2) is 9.59 Å². The van der Waals surface area contributed by atoms with Crippen LogP contribution in [0, 0.1) is 5.92 Å². The highest BCUT2D eigenvalue weighted by molar-refractivity contribution is 5.92. The molecule has 2 fully saturated rings. The zero-order valence-corrected chi connectivity index (χ0v) is 19.0. The summed E-state index contributed by atoms with van der Waals surface area (Å²) in [5, 5.41) is 12.5. The minimum atomic E-state index is -1.41. The molecule has 2 N–H and O–H groups in total. The lowest BCUT2D eigenvalue weighted by atomic mass is 9.95. The van der Waals surface area contributed by atoms with Crippen molar-refractivity contribution >= 4 is 18.0 Å². The molecule has 5 rings (SSSR count). The van der Waals surface area contributed by atoms with Gasteiger partial charge in [-0.05, 0) is 41.0 Å². The lowest BCUT2D eigenvalue weighted by molar-refractivity contribution is -0.158. The monoisotopic (exact) mass is 464 g/mol. The van der Waals surface area contributed by atoms with Gasteiger partial charge in [0.05, 0.1) is 6.61 Å². The van der Waals surface area contributed by atoms with E-state index in [0.29, 0.717) is 0 Å². The second-order valence-electron chi connectivity index (χ2n) is 9.32. The van der Waals surface area contributed by atoms with Crippen molar-refractivity contribution in [2.75, 3.05) is 26.9 Å². The number of hydrogen-bond acceptors (Lipinski definition) is 5. The summed E-state index contributed by atoms with van der Waals surface area (Å²) in [6.07, 6.45) is 1.13. The molecule has 2 atom stereocenters. The Morgan fingerprint density at radius 3 is 2.26 bits per heavy atom. The van der Waals surface area contributed by atoms with Crippen LogP contribution in [-0.2, 0) is 19.1 Å². The van der Waals surface area contributed by atoms with Gasteiger partial charge >= 0.3 is 12.1 Å². The molecule has 2 unspecified atom stereocenters. The molecule has 0 spiro atoms. The maximum Gasteiger partial charge on any atom is 0.407 e. The summed E-state index contributed by atoms with van der Waals surface area (Å²) in [4.78, 5) is 39.3. The Hall–Kier alpha value is -3.39. The molecular formula is C26H28N2O6. The Bertz CT molecular complexity index is 1080. The minimum absolute atomic E-state index is 0.0244. The molecular weight excluding hydrogens is 436 g/mol. The number of carboxylic acids is 1. The van der Waals surface area contributed by atoms with E-state index in [-0.39, 0.29) is 38.1 Å². The normalized spacial score (nSPS) is 21.9. The molecule has 0 aromatic heterocycles. The molecule has 2 aliphatic carbocycles. The van der Waals surface area contributed by atoms with Crippen molar-refractivity contribution < 1.29 is 29.0 Å². The number of carboxylic acid groups (broad SMARTS) is 1. The van der Waals surface area contributed by atoms with E-state index < -0.39 is 29.6 Å². The molecule has 1 saturated heterocycles. The van der Waals surface area contributed by atoms with E-state index in [1.165, 1.54) is 11.9 Å². The minimum Gasteiger partial charge on any atom is -0.479 e. The number of aliphatic carboxylic acids is 1. The van der Waals surface area contributed by atoms with Gasteiger partial charge in [0.15, 0.2) is 5.54 Å². The summed E-state index contributed by atoms with van der Waals surface area (Å²) < 4.78 is 10.9. The van der Waals surface area contributed by atoms with Crippen LogP contribution in [0.2, 0.25) is 0 Å². The highest BCUT2D eigenvalue weighted by atomic mass is 16.5. The van der Waals surface area contributed by atoms with Crippen LogP contribution in [0.5, 0.6) is 0 Å².